The molecule has 2 aromatic carbocycles. The van der Waals surface area contributed by atoms with Gasteiger partial charge in [-0.3, -0.25) is 4.79 Å². The van der Waals surface area contributed by atoms with Gasteiger partial charge in [0.2, 0.25) is 5.91 Å². The Morgan fingerprint density at radius 2 is 1.95 bits per heavy atom. The summed E-state index contributed by atoms with van der Waals surface area (Å²) in [6.07, 6.45) is 1.81. The van der Waals surface area contributed by atoms with Crippen LogP contribution in [-0.4, -0.2) is 42.7 Å². The highest BCUT2D eigenvalue weighted by Gasteiger charge is 2.22. The van der Waals surface area contributed by atoms with Gasteiger partial charge in [-0.1, -0.05) is 6.07 Å². The number of rotatable bonds is 9. The van der Waals surface area contributed by atoms with Crippen LogP contribution >= 0.6 is 11.3 Å². The van der Waals surface area contributed by atoms with Crippen molar-refractivity contribution in [2.24, 2.45) is 0 Å². The van der Waals surface area contributed by atoms with E-state index in [0.29, 0.717) is 23.1 Å². The Morgan fingerprint density at radius 3 is 2.69 bits per heavy atom. The fourth-order valence-corrected chi connectivity index (χ4v) is 5.92. The van der Waals surface area contributed by atoms with Crippen molar-refractivity contribution in [3.8, 4) is 21.9 Å². The number of ether oxygens (including phenoxy) is 2. The number of thiophene rings is 1. The summed E-state index contributed by atoms with van der Waals surface area (Å²) in [6, 6.07) is 12.3. The fourth-order valence-electron chi connectivity index (χ4n) is 4.85. The lowest BCUT2D eigenvalue weighted by atomic mass is 10.1. The molecule has 2 aromatic heterocycles. The van der Waals surface area contributed by atoms with Gasteiger partial charge in [-0.05, 0) is 74.7 Å². The van der Waals surface area contributed by atoms with Crippen molar-refractivity contribution in [3.63, 3.8) is 0 Å². The third-order valence-electron chi connectivity index (χ3n) is 6.88. The second-order valence-corrected chi connectivity index (χ2v) is 10.7. The first-order valence-corrected chi connectivity index (χ1v) is 13.7. The predicted octanol–water partition coefficient (Wildman–Crippen LogP) is 5.36. The molecule has 0 radical (unpaired) electrons. The number of methoxy groups -OCH3 is 2. The van der Waals surface area contributed by atoms with E-state index in [0.717, 1.165) is 51.2 Å². The number of hydrogen-bond acceptors (Lipinski definition) is 8. The van der Waals surface area contributed by atoms with Crippen molar-refractivity contribution >= 4 is 34.0 Å². The predicted molar refractivity (Wildman–Crippen MR) is 152 cm³/mol. The highest BCUT2D eigenvalue weighted by molar-refractivity contribution is 7.15. The van der Waals surface area contributed by atoms with Gasteiger partial charge in [-0.15, -0.1) is 11.3 Å². The van der Waals surface area contributed by atoms with Crippen molar-refractivity contribution < 1.29 is 18.7 Å². The largest absolute Gasteiger partial charge is 0.493 e. The normalized spacial score (nSPS) is 15.8. The topological polar surface area (TPSA) is 97.4 Å². The Hall–Kier alpha value is -3.76. The molecule has 1 saturated heterocycles. The lowest BCUT2D eigenvalue weighted by Gasteiger charge is -2.17. The van der Waals surface area contributed by atoms with Crippen LogP contribution in [0.25, 0.3) is 21.3 Å². The van der Waals surface area contributed by atoms with Crippen LogP contribution in [0.2, 0.25) is 0 Å². The maximum absolute atomic E-state index is 14.2. The van der Waals surface area contributed by atoms with Crippen LogP contribution in [0.3, 0.4) is 0 Å². The van der Waals surface area contributed by atoms with Gasteiger partial charge in [0.25, 0.3) is 0 Å². The maximum atomic E-state index is 14.2. The summed E-state index contributed by atoms with van der Waals surface area (Å²) in [6.45, 7) is 5.04. The van der Waals surface area contributed by atoms with E-state index in [1.807, 2.05) is 25.1 Å². The molecule has 10 heteroatoms. The molecule has 204 valence electrons. The smallest absolute Gasteiger partial charge is 0.237 e. The van der Waals surface area contributed by atoms with Crippen LogP contribution in [0, 0.1) is 12.7 Å². The molecule has 3 N–H and O–H groups in total. The fraction of sp³-hybridized carbons (Fsp3) is 0.345. The number of carbonyl (C=O) groups is 1. The van der Waals surface area contributed by atoms with Gasteiger partial charge in [0.15, 0.2) is 11.5 Å². The summed E-state index contributed by atoms with van der Waals surface area (Å²) in [7, 11) is 3.20. The third-order valence-corrected chi connectivity index (χ3v) is 8.18. The Balaban J connectivity index is 1.38. The van der Waals surface area contributed by atoms with Crippen LogP contribution in [0.1, 0.15) is 42.1 Å². The van der Waals surface area contributed by atoms with E-state index in [1.54, 1.807) is 31.6 Å². The number of benzene rings is 2. The molecule has 2 atom stereocenters. The van der Waals surface area contributed by atoms with E-state index in [2.05, 4.69) is 38.9 Å². The summed E-state index contributed by atoms with van der Waals surface area (Å²) in [4.78, 5) is 23.8. The second kappa shape index (κ2) is 11.5. The van der Waals surface area contributed by atoms with Gasteiger partial charge in [-0.25, -0.2) is 14.4 Å². The number of nitrogens with one attached hydrogen (secondary N) is 3. The number of halogens is 1. The summed E-state index contributed by atoms with van der Waals surface area (Å²) in [5, 5.41) is 10.5. The van der Waals surface area contributed by atoms with Crippen LogP contribution in [0.15, 0.2) is 42.5 Å². The number of aryl methyl sites for hydroxylation is 1. The van der Waals surface area contributed by atoms with E-state index in [9.17, 15) is 9.18 Å². The standard InChI is InChI=1S/C29H32FN5O3S/c1-16(33-28-21-13-24(37-3)25(38-4)14-23(21)34-17(2)35-28)26-9-10-27(39-26)20-8-7-19(30)12-18(20)15-32-29(36)22-6-5-11-31-22/h7-10,12-14,16,22,31H,5-6,11,15H2,1-4H3,(H,32,36)(H,33,34,35)/t16?,22-/m1/s1. The van der Waals surface area contributed by atoms with E-state index in [4.69, 9.17) is 9.47 Å². The third kappa shape index (κ3) is 5.81. The summed E-state index contributed by atoms with van der Waals surface area (Å²) < 4.78 is 25.1. The molecular formula is C29H32FN5O3S. The molecule has 0 aliphatic carbocycles. The van der Waals surface area contributed by atoms with Crippen molar-refractivity contribution in [1.29, 1.82) is 0 Å². The van der Waals surface area contributed by atoms with Crippen molar-refractivity contribution in [2.75, 3.05) is 26.1 Å². The van der Waals surface area contributed by atoms with Crippen LogP contribution in [0.5, 0.6) is 11.5 Å². The molecule has 3 heterocycles. The first-order valence-electron chi connectivity index (χ1n) is 12.9. The SMILES string of the molecule is COc1cc2nc(C)nc(NC(C)c3ccc(-c4ccc(F)cc4CNC(=O)[C@H]4CCCN4)s3)c2cc1OC. The minimum Gasteiger partial charge on any atom is -0.493 e. The highest BCUT2D eigenvalue weighted by atomic mass is 32.1. The maximum Gasteiger partial charge on any atom is 0.237 e. The Bertz CT molecular complexity index is 1500. The molecule has 1 aliphatic rings. The molecule has 39 heavy (non-hydrogen) atoms. The van der Waals surface area contributed by atoms with Crippen molar-refractivity contribution in [1.82, 2.24) is 20.6 Å². The van der Waals surface area contributed by atoms with Gasteiger partial charge >= 0.3 is 0 Å². The first kappa shape index (κ1) is 26.8. The number of fused-ring (bicyclic) bond motifs is 1. The molecule has 8 nitrogen and oxygen atoms in total. The van der Waals surface area contributed by atoms with Crippen molar-refractivity contribution in [3.05, 3.63) is 64.5 Å². The summed E-state index contributed by atoms with van der Waals surface area (Å²) >= 11 is 1.62. The monoisotopic (exact) mass is 549 g/mol. The second-order valence-electron chi connectivity index (χ2n) is 9.58. The first-order chi connectivity index (χ1) is 18.9. The van der Waals surface area contributed by atoms with Gasteiger partial charge < -0.3 is 25.4 Å². The summed E-state index contributed by atoms with van der Waals surface area (Å²) in [5.41, 5.74) is 2.40. The number of nitrogens with zero attached hydrogens (tertiary/aromatic N) is 2. The molecule has 0 spiro atoms. The Morgan fingerprint density at radius 1 is 1.15 bits per heavy atom. The lowest BCUT2D eigenvalue weighted by Crippen LogP contribution is -2.40. The number of anilines is 1. The zero-order valence-corrected chi connectivity index (χ0v) is 23.2. The van der Waals surface area contributed by atoms with E-state index < -0.39 is 0 Å². The Kier molecular flexibility index (Phi) is 7.94. The van der Waals surface area contributed by atoms with E-state index in [1.165, 1.54) is 12.1 Å². The van der Waals surface area contributed by atoms with E-state index in [-0.39, 0.29) is 30.4 Å². The van der Waals surface area contributed by atoms with Crippen molar-refractivity contribution in [2.45, 2.75) is 45.3 Å². The van der Waals surface area contributed by atoms with Gasteiger partial charge in [0, 0.05) is 27.8 Å². The Labute approximate surface area is 231 Å². The average Bonchev–Trinajstić information content (AvgIpc) is 3.64. The van der Waals surface area contributed by atoms with Crippen LogP contribution < -0.4 is 25.4 Å². The van der Waals surface area contributed by atoms with Gasteiger partial charge in [0.1, 0.15) is 17.5 Å². The minimum absolute atomic E-state index is 0.0472. The van der Waals surface area contributed by atoms with Crippen LogP contribution in [0.4, 0.5) is 10.2 Å². The molecular weight excluding hydrogens is 517 g/mol. The molecule has 5 rings (SSSR count). The average molecular weight is 550 g/mol. The molecule has 0 saturated carbocycles. The van der Waals surface area contributed by atoms with Crippen LogP contribution in [-0.2, 0) is 11.3 Å². The lowest BCUT2D eigenvalue weighted by molar-refractivity contribution is -0.122. The van der Waals surface area contributed by atoms with E-state index >= 15 is 0 Å². The molecule has 0 bridgehead atoms. The van der Waals surface area contributed by atoms with Gasteiger partial charge in [-0.2, -0.15) is 0 Å². The molecule has 4 aromatic rings. The van der Waals surface area contributed by atoms with Gasteiger partial charge in [0.05, 0.1) is 31.8 Å². The number of hydrogen-bond donors (Lipinski definition) is 3. The number of carbonyl (C=O) groups excluding carboxylic acids is 1. The number of amides is 1. The summed E-state index contributed by atoms with van der Waals surface area (Å²) in [5.74, 6) is 2.18. The zero-order chi connectivity index (χ0) is 27.5. The molecule has 1 aliphatic heterocycles. The molecule has 1 amide bonds. The molecule has 1 unspecified atom stereocenters. The zero-order valence-electron chi connectivity index (χ0n) is 22.4. The minimum atomic E-state index is -0.327. The number of aromatic nitrogens is 2. The molecule has 1 fully saturated rings. The highest BCUT2D eigenvalue weighted by Crippen LogP contribution is 2.37. The quantitative estimate of drug-likeness (QED) is 0.258.